The lowest BCUT2D eigenvalue weighted by Crippen LogP contribution is -2.36. The van der Waals surface area contributed by atoms with E-state index in [-0.39, 0.29) is 6.09 Å². The number of benzene rings is 1. The predicted octanol–water partition coefficient (Wildman–Crippen LogP) is 3.47. The molecule has 0 spiro atoms. The van der Waals surface area contributed by atoms with Crippen LogP contribution in [0.3, 0.4) is 0 Å². The van der Waals surface area contributed by atoms with Gasteiger partial charge in [-0.25, -0.2) is 4.79 Å². The maximum atomic E-state index is 11.4. The summed E-state index contributed by atoms with van der Waals surface area (Å²) in [6.45, 7) is 7.47. The molecule has 0 aliphatic heterocycles. The minimum absolute atomic E-state index is 0.388. The molecule has 0 aromatic heterocycles. The summed E-state index contributed by atoms with van der Waals surface area (Å²) in [5, 5.41) is 6.63. The van der Waals surface area contributed by atoms with E-state index < -0.39 is 5.60 Å². The van der Waals surface area contributed by atoms with Crippen LogP contribution in [0.1, 0.15) is 26.3 Å². The van der Waals surface area contributed by atoms with Crippen LogP contribution in [0.4, 0.5) is 4.79 Å². The lowest BCUT2D eigenvalue weighted by molar-refractivity contribution is 0.0528. The SMILES string of the molecule is CC(C)(C)OC(=O)NCCNCC=Cc1ccc(Cl)cc1. The second kappa shape index (κ2) is 8.70. The minimum atomic E-state index is -0.459. The first-order valence-electron chi connectivity index (χ1n) is 6.96. The average molecular weight is 311 g/mol. The van der Waals surface area contributed by atoms with Crippen molar-refractivity contribution in [3.8, 4) is 0 Å². The quantitative estimate of drug-likeness (QED) is 0.791. The standard InChI is InChI=1S/C16H23ClN2O2/c1-16(2,3)21-15(20)19-12-11-18-10-4-5-13-6-8-14(17)9-7-13/h4-9,18H,10-12H2,1-3H3,(H,19,20). The molecule has 4 nitrogen and oxygen atoms in total. The first kappa shape index (κ1) is 17.5. The smallest absolute Gasteiger partial charge is 0.407 e. The summed E-state index contributed by atoms with van der Waals surface area (Å²) in [5.74, 6) is 0. The van der Waals surface area contributed by atoms with Crippen molar-refractivity contribution >= 4 is 23.8 Å². The fraction of sp³-hybridized carbons (Fsp3) is 0.438. The number of hydrogen-bond acceptors (Lipinski definition) is 3. The zero-order valence-electron chi connectivity index (χ0n) is 12.8. The highest BCUT2D eigenvalue weighted by Crippen LogP contribution is 2.10. The molecule has 0 aliphatic rings. The summed E-state index contributed by atoms with van der Waals surface area (Å²) in [6.07, 6.45) is 3.66. The van der Waals surface area contributed by atoms with Gasteiger partial charge in [0.05, 0.1) is 0 Å². The van der Waals surface area contributed by atoms with E-state index in [1.807, 2.05) is 57.2 Å². The fourth-order valence-corrected chi connectivity index (χ4v) is 1.65. The molecule has 0 atom stereocenters. The van der Waals surface area contributed by atoms with E-state index in [4.69, 9.17) is 16.3 Å². The Morgan fingerprint density at radius 1 is 1.24 bits per heavy atom. The van der Waals surface area contributed by atoms with E-state index in [0.717, 1.165) is 17.1 Å². The zero-order chi connectivity index (χ0) is 15.7. The number of alkyl carbamates (subject to hydrolysis) is 1. The Kier molecular flexibility index (Phi) is 7.26. The van der Waals surface area contributed by atoms with Crippen molar-refractivity contribution in [1.82, 2.24) is 10.6 Å². The molecule has 0 bridgehead atoms. The summed E-state index contributed by atoms with van der Waals surface area (Å²) in [7, 11) is 0. The number of hydrogen-bond donors (Lipinski definition) is 2. The van der Waals surface area contributed by atoms with Gasteiger partial charge in [0, 0.05) is 24.7 Å². The van der Waals surface area contributed by atoms with Gasteiger partial charge in [0.1, 0.15) is 5.60 Å². The number of ether oxygens (including phenoxy) is 1. The number of carbonyl (C=O) groups excluding carboxylic acids is 1. The van der Waals surface area contributed by atoms with Gasteiger partial charge in [0.25, 0.3) is 0 Å². The lowest BCUT2D eigenvalue weighted by atomic mass is 10.2. The Bertz CT molecular complexity index is 464. The second-order valence-corrected chi connectivity index (χ2v) is 6.02. The third-order valence-corrected chi connectivity index (χ3v) is 2.66. The van der Waals surface area contributed by atoms with Gasteiger partial charge in [0.15, 0.2) is 0 Å². The van der Waals surface area contributed by atoms with Crippen LogP contribution >= 0.6 is 11.6 Å². The zero-order valence-corrected chi connectivity index (χ0v) is 13.5. The van der Waals surface area contributed by atoms with Crippen molar-refractivity contribution in [2.75, 3.05) is 19.6 Å². The molecule has 0 heterocycles. The van der Waals surface area contributed by atoms with Gasteiger partial charge >= 0.3 is 6.09 Å². The van der Waals surface area contributed by atoms with Gasteiger partial charge in [0.2, 0.25) is 0 Å². The van der Waals surface area contributed by atoms with Crippen molar-refractivity contribution in [3.63, 3.8) is 0 Å². The number of halogens is 1. The molecule has 116 valence electrons. The van der Waals surface area contributed by atoms with E-state index in [1.54, 1.807) is 0 Å². The van der Waals surface area contributed by atoms with Gasteiger partial charge in [-0.15, -0.1) is 0 Å². The van der Waals surface area contributed by atoms with Crippen LogP contribution in [-0.2, 0) is 4.74 Å². The molecule has 0 aliphatic carbocycles. The maximum Gasteiger partial charge on any atom is 0.407 e. The number of carbonyl (C=O) groups is 1. The second-order valence-electron chi connectivity index (χ2n) is 5.59. The first-order valence-corrected chi connectivity index (χ1v) is 7.34. The normalized spacial score (nSPS) is 11.6. The maximum absolute atomic E-state index is 11.4. The van der Waals surface area contributed by atoms with Gasteiger partial charge in [-0.3, -0.25) is 0 Å². The molecule has 5 heteroatoms. The monoisotopic (exact) mass is 310 g/mol. The molecule has 1 amide bonds. The molecule has 1 rings (SSSR count). The Morgan fingerprint density at radius 3 is 2.52 bits per heavy atom. The number of rotatable bonds is 6. The molecule has 21 heavy (non-hydrogen) atoms. The van der Waals surface area contributed by atoms with E-state index in [2.05, 4.69) is 10.6 Å². The minimum Gasteiger partial charge on any atom is -0.444 e. The van der Waals surface area contributed by atoms with Crippen LogP contribution in [-0.4, -0.2) is 31.3 Å². The Hall–Kier alpha value is -1.52. The third kappa shape index (κ3) is 9.10. The molecule has 0 saturated carbocycles. The Balaban J connectivity index is 2.09. The van der Waals surface area contributed by atoms with Crippen LogP contribution in [0.15, 0.2) is 30.3 Å². The molecule has 0 saturated heterocycles. The molecular weight excluding hydrogens is 288 g/mol. The fourth-order valence-electron chi connectivity index (χ4n) is 1.52. The molecule has 0 fully saturated rings. The molecular formula is C16H23ClN2O2. The molecule has 2 N–H and O–H groups in total. The Labute approximate surface area is 131 Å². The summed E-state index contributed by atoms with van der Waals surface area (Å²) >= 11 is 5.81. The van der Waals surface area contributed by atoms with E-state index in [9.17, 15) is 4.79 Å². The Morgan fingerprint density at radius 2 is 1.90 bits per heavy atom. The highest BCUT2D eigenvalue weighted by Gasteiger charge is 2.15. The first-order chi connectivity index (χ1) is 9.87. The van der Waals surface area contributed by atoms with Gasteiger partial charge < -0.3 is 15.4 Å². The van der Waals surface area contributed by atoms with E-state index in [1.165, 1.54) is 0 Å². The average Bonchev–Trinajstić information content (AvgIpc) is 2.37. The summed E-state index contributed by atoms with van der Waals surface area (Å²) < 4.78 is 5.13. The largest absolute Gasteiger partial charge is 0.444 e. The van der Waals surface area contributed by atoms with E-state index >= 15 is 0 Å². The van der Waals surface area contributed by atoms with Crippen LogP contribution in [0.25, 0.3) is 6.08 Å². The molecule has 1 aromatic carbocycles. The molecule has 0 unspecified atom stereocenters. The van der Waals surface area contributed by atoms with Crippen molar-refractivity contribution < 1.29 is 9.53 Å². The number of nitrogens with one attached hydrogen (secondary N) is 2. The topological polar surface area (TPSA) is 50.4 Å². The van der Waals surface area contributed by atoms with Crippen molar-refractivity contribution in [1.29, 1.82) is 0 Å². The summed E-state index contributed by atoms with van der Waals surface area (Å²) in [4.78, 5) is 11.4. The van der Waals surface area contributed by atoms with Crippen LogP contribution in [0.2, 0.25) is 5.02 Å². The van der Waals surface area contributed by atoms with Gasteiger partial charge in [-0.05, 0) is 38.5 Å². The molecule has 0 radical (unpaired) electrons. The van der Waals surface area contributed by atoms with Gasteiger partial charge in [-0.1, -0.05) is 35.9 Å². The molecule has 1 aromatic rings. The third-order valence-electron chi connectivity index (χ3n) is 2.41. The number of amides is 1. The van der Waals surface area contributed by atoms with E-state index in [0.29, 0.717) is 13.1 Å². The highest BCUT2D eigenvalue weighted by molar-refractivity contribution is 6.30. The van der Waals surface area contributed by atoms with Gasteiger partial charge in [-0.2, -0.15) is 0 Å². The van der Waals surface area contributed by atoms with Crippen LogP contribution in [0.5, 0.6) is 0 Å². The van der Waals surface area contributed by atoms with Crippen LogP contribution in [0, 0.1) is 0 Å². The predicted molar refractivity (Wildman–Crippen MR) is 87.6 cm³/mol. The lowest BCUT2D eigenvalue weighted by Gasteiger charge is -2.19. The van der Waals surface area contributed by atoms with Crippen molar-refractivity contribution in [3.05, 3.63) is 40.9 Å². The summed E-state index contributed by atoms with van der Waals surface area (Å²) in [6, 6.07) is 7.64. The van der Waals surface area contributed by atoms with Crippen molar-refractivity contribution in [2.45, 2.75) is 26.4 Å². The van der Waals surface area contributed by atoms with Crippen molar-refractivity contribution in [2.24, 2.45) is 0 Å². The van der Waals surface area contributed by atoms with Crippen LogP contribution < -0.4 is 10.6 Å². The highest BCUT2D eigenvalue weighted by atomic mass is 35.5. The summed E-state index contributed by atoms with van der Waals surface area (Å²) in [5.41, 5.74) is 0.645.